The lowest BCUT2D eigenvalue weighted by Gasteiger charge is -2.19. The van der Waals surface area contributed by atoms with Crippen LogP contribution in [-0.2, 0) is 16.0 Å². The third-order valence-electron chi connectivity index (χ3n) is 3.94. The maximum absolute atomic E-state index is 12.7. The Morgan fingerprint density at radius 3 is 2.42 bits per heavy atom. The van der Waals surface area contributed by atoms with Gasteiger partial charge in [0.25, 0.3) is 0 Å². The van der Waals surface area contributed by atoms with Gasteiger partial charge in [0.15, 0.2) is 0 Å². The molecule has 5 nitrogen and oxygen atoms in total. The quantitative estimate of drug-likeness (QED) is 0.886. The lowest BCUT2D eigenvalue weighted by atomic mass is 10.0. The monoisotopic (exact) mass is 326 g/mol. The molecule has 0 saturated heterocycles. The van der Waals surface area contributed by atoms with Crippen molar-refractivity contribution in [1.29, 1.82) is 0 Å². The number of hydrogen-bond donors (Lipinski definition) is 2. The first-order chi connectivity index (χ1) is 11.5. The molecule has 0 bridgehead atoms. The van der Waals surface area contributed by atoms with Gasteiger partial charge < -0.3 is 15.4 Å². The lowest BCUT2D eigenvalue weighted by Crippen LogP contribution is -2.45. The third-order valence-corrected chi connectivity index (χ3v) is 3.94. The zero-order valence-electron chi connectivity index (χ0n) is 14.1. The molecule has 126 valence electrons. The van der Waals surface area contributed by atoms with Crippen LogP contribution in [0, 0.1) is 13.8 Å². The minimum atomic E-state index is -0.722. The highest BCUT2D eigenvalue weighted by atomic mass is 16.5. The summed E-state index contributed by atoms with van der Waals surface area (Å²) in [5, 5.41) is 5.49. The van der Waals surface area contributed by atoms with Crippen LogP contribution in [0.4, 0.5) is 10.5 Å². The van der Waals surface area contributed by atoms with E-state index >= 15 is 0 Å². The summed E-state index contributed by atoms with van der Waals surface area (Å²) in [6.45, 7) is 3.93. The van der Waals surface area contributed by atoms with Gasteiger partial charge in [0.2, 0.25) is 5.91 Å². The number of amides is 2. The van der Waals surface area contributed by atoms with Gasteiger partial charge in [-0.3, -0.25) is 4.79 Å². The van der Waals surface area contributed by atoms with Crippen LogP contribution in [0.15, 0.2) is 48.5 Å². The molecule has 0 heterocycles. The number of methoxy groups -OCH3 is 1. The number of nitrogens with one attached hydrogen (secondary N) is 2. The minimum absolute atomic E-state index is 0.280. The molecular formula is C19H22N2O3. The molecule has 0 fully saturated rings. The van der Waals surface area contributed by atoms with Crippen molar-refractivity contribution < 1.29 is 14.3 Å². The van der Waals surface area contributed by atoms with E-state index in [-0.39, 0.29) is 5.91 Å². The average Bonchev–Trinajstić information content (AvgIpc) is 2.59. The number of rotatable bonds is 5. The second-order valence-electron chi connectivity index (χ2n) is 5.61. The second-order valence-corrected chi connectivity index (χ2v) is 5.61. The van der Waals surface area contributed by atoms with Gasteiger partial charge in [-0.25, -0.2) is 4.79 Å². The van der Waals surface area contributed by atoms with Crippen molar-refractivity contribution in [2.45, 2.75) is 26.3 Å². The normalized spacial score (nSPS) is 11.5. The predicted molar refractivity (Wildman–Crippen MR) is 94.0 cm³/mol. The number of aryl methyl sites for hydroxylation is 1. The summed E-state index contributed by atoms with van der Waals surface area (Å²) in [4.78, 5) is 24.2. The maximum atomic E-state index is 12.7. The average molecular weight is 326 g/mol. The Balaban J connectivity index is 2.17. The number of hydrogen-bond acceptors (Lipinski definition) is 3. The number of benzene rings is 2. The van der Waals surface area contributed by atoms with Crippen LogP contribution in [-0.4, -0.2) is 25.2 Å². The largest absolute Gasteiger partial charge is 0.453 e. The Labute approximate surface area is 142 Å². The summed E-state index contributed by atoms with van der Waals surface area (Å²) < 4.78 is 4.63. The number of anilines is 1. The lowest BCUT2D eigenvalue weighted by molar-refractivity contribution is -0.118. The molecule has 0 aromatic heterocycles. The molecule has 0 aliphatic rings. The Kier molecular flexibility index (Phi) is 5.95. The van der Waals surface area contributed by atoms with Gasteiger partial charge in [-0.05, 0) is 36.6 Å². The molecule has 0 radical (unpaired) electrons. The van der Waals surface area contributed by atoms with Crippen LogP contribution in [0.2, 0.25) is 0 Å². The number of ether oxygens (including phenoxy) is 1. The van der Waals surface area contributed by atoms with E-state index in [2.05, 4.69) is 15.4 Å². The van der Waals surface area contributed by atoms with Crippen molar-refractivity contribution in [3.63, 3.8) is 0 Å². The number of alkyl carbamates (subject to hydrolysis) is 1. The number of carbonyl (C=O) groups excluding carboxylic acids is 2. The van der Waals surface area contributed by atoms with E-state index in [4.69, 9.17) is 0 Å². The van der Waals surface area contributed by atoms with Crippen molar-refractivity contribution in [3.8, 4) is 0 Å². The van der Waals surface area contributed by atoms with Crippen molar-refractivity contribution >= 4 is 17.7 Å². The molecular weight excluding hydrogens is 304 g/mol. The van der Waals surface area contributed by atoms with E-state index in [1.54, 1.807) is 0 Å². The van der Waals surface area contributed by atoms with Crippen LogP contribution in [0.3, 0.4) is 0 Å². The first-order valence-corrected chi connectivity index (χ1v) is 7.76. The molecule has 0 aliphatic carbocycles. The third kappa shape index (κ3) is 4.59. The number of carbonyl (C=O) groups is 2. The van der Waals surface area contributed by atoms with E-state index in [1.807, 2.05) is 62.4 Å². The fourth-order valence-corrected chi connectivity index (χ4v) is 2.37. The maximum Gasteiger partial charge on any atom is 0.407 e. The fourth-order valence-electron chi connectivity index (χ4n) is 2.37. The van der Waals surface area contributed by atoms with Gasteiger partial charge in [0.1, 0.15) is 6.04 Å². The predicted octanol–water partition coefficient (Wildman–Crippen LogP) is 3.21. The van der Waals surface area contributed by atoms with Gasteiger partial charge in [0, 0.05) is 12.1 Å². The topological polar surface area (TPSA) is 67.4 Å². The van der Waals surface area contributed by atoms with Gasteiger partial charge in [-0.1, -0.05) is 42.5 Å². The van der Waals surface area contributed by atoms with Gasteiger partial charge in [-0.2, -0.15) is 0 Å². The SMILES string of the molecule is COC(=O)N[C@H](Cc1ccccc1)C(=O)Nc1cccc(C)c1C. The summed E-state index contributed by atoms with van der Waals surface area (Å²) in [6.07, 6.45) is -0.251. The van der Waals surface area contributed by atoms with Crippen molar-refractivity contribution in [2.75, 3.05) is 12.4 Å². The first kappa shape index (κ1) is 17.5. The molecule has 2 aromatic rings. The Bertz CT molecular complexity index is 714. The van der Waals surface area contributed by atoms with E-state index in [1.165, 1.54) is 7.11 Å². The van der Waals surface area contributed by atoms with Crippen molar-refractivity contribution in [1.82, 2.24) is 5.32 Å². The smallest absolute Gasteiger partial charge is 0.407 e. The first-order valence-electron chi connectivity index (χ1n) is 7.76. The molecule has 2 rings (SSSR count). The summed E-state index contributed by atoms with van der Waals surface area (Å²) >= 11 is 0. The molecule has 24 heavy (non-hydrogen) atoms. The second kappa shape index (κ2) is 8.15. The van der Waals surface area contributed by atoms with Gasteiger partial charge in [0.05, 0.1) is 7.11 Å². The van der Waals surface area contributed by atoms with E-state index < -0.39 is 12.1 Å². The molecule has 2 N–H and O–H groups in total. The Hall–Kier alpha value is -2.82. The van der Waals surface area contributed by atoms with Crippen LogP contribution < -0.4 is 10.6 Å². The van der Waals surface area contributed by atoms with Crippen molar-refractivity contribution in [2.24, 2.45) is 0 Å². The molecule has 0 unspecified atom stereocenters. The highest BCUT2D eigenvalue weighted by Crippen LogP contribution is 2.18. The van der Waals surface area contributed by atoms with Gasteiger partial charge in [-0.15, -0.1) is 0 Å². The molecule has 5 heteroatoms. The summed E-state index contributed by atoms with van der Waals surface area (Å²) in [5.74, 6) is -0.280. The van der Waals surface area contributed by atoms with Crippen LogP contribution in [0.5, 0.6) is 0 Å². The highest BCUT2D eigenvalue weighted by Gasteiger charge is 2.22. The summed E-state index contributed by atoms with van der Waals surface area (Å²) in [5.41, 5.74) is 3.79. The van der Waals surface area contributed by atoms with Crippen molar-refractivity contribution in [3.05, 3.63) is 65.2 Å². The van der Waals surface area contributed by atoms with Crippen LogP contribution >= 0.6 is 0 Å². The highest BCUT2D eigenvalue weighted by molar-refractivity contribution is 5.97. The molecule has 2 amide bonds. The summed E-state index contributed by atoms with van der Waals surface area (Å²) in [7, 11) is 1.28. The molecule has 1 atom stereocenters. The van der Waals surface area contributed by atoms with Crippen LogP contribution in [0.25, 0.3) is 0 Å². The summed E-state index contributed by atoms with van der Waals surface area (Å²) in [6, 6.07) is 14.5. The molecule has 0 aliphatic heterocycles. The fraction of sp³-hybridized carbons (Fsp3) is 0.263. The zero-order valence-corrected chi connectivity index (χ0v) is 14.1. The van der Waals surface area contributed by atoms with Crippen LogP contribution in [0.1, 0.15) is 16.7 Å². The Morgan fingerprint density at radius 2 is 1.75 bits per heavy atom. The van der Waals surface area contributed by atoms with Gasteiger partial charge >= 0.3 is 6.09 Å². The minimum Gasteiger partial charge on any atom is -0.453 e. The Morgan fingerprint density at radius 1 is 1.04 bits per heavy atom. The molecule has 0 saturated carbocycles. The van der Waals surface area contributed by atoms with E-state index in [0.29, 0.717) is 6.42 Å². The standard InChI is InChI=1S/C19H22N2O3/c1-13-8-7-11-16(14(13)2)20-18(22)17(21-19(23)24-3)12-15-9-5-4-6-10-15/h4-11,17H,12H2,1-3H3,(H,20,22)(H,21,23)/t17-/m1/s1. The zero-order chi connectivity index (χ0) is 17.5. The van der Waals surface area contributed by atoms with E-state index in [9.17, 15) is 9.59 Å². The van der Waals surface area contributed by atoms with E-state index in [0.717, 1.165) is 22.4 Å². The molecule has 2 aromatic carbocycles. The molecule has 0 spiro atoms.